The van der Waals surface area contributed by atoms with Crippen molar-refractivity contribution in [3.63, 3.8) is 0 Å². The van der Waals surface area contributed by atoms with Gasteiger partial charge in [-0.2, -0.15) is 0 Å². The Kier molecular flexibility index (Phi) is 5.03. The van der Waals surface area contributed by atoms with E-state index in [9.17, 15) is 19.5 Å². The Morgan fingerprint density at radius 1 is 1.22 bits per heavy atom. The lowest BCUT2D eigenvalue weighted by atomic mass is 9.98. The van der Waals surface area contributed by atoms with Crippen LogP contribution in [0.5, 0.6) is 0 Å². The van der Waals surface area contributed by atoms with Crippen LogP contribution in [0.25, 0.3) is 0 Å². The predicted octanol–water partition coefficient (Wildman–Crippen LogP) is 2.92. The van der Waals surface area contributed by atoms with Crippen molar-refractivity contribution in [2.24, 2.45) is 0 Å². The van der Waals surface area contributed by atoms with Gasteiger partial charge in [0.15, 0.2) is 11.5 Å². The fourth-order valence-corrected chi connectivity index (χ4v) is 3.10. The highest BCUT2D eigenvalue weighted by atomic mass is 16.3. The Labute approximate surface area is 156 Å². The van der Waals surface area contributed by atoms with Crippen molar-refractivity contribution in [2.45, 2.75) is 26.3 Å². The van der Waals surface area contributed by atoms with Crippen molar-refractivity contribution >= 4 is 29.0 Å². The maximum Gasteiger partial charge on any atom is 0.294 e. The third-order valence-corrected chi connectivity index (χ3v) is 4.24. The summed E-state index contributed by atoms with van der Waals surface area (Å²) in [7, 11) is 0. The quantitative estimate of drug-likeness (QED) is 0.849. The number of aromatic nitrogens is 1. The fraction of sp³-hybridized carbons (Fsp3) is 0.200. The normalized spacial score (nSPS) is 16.6. The van der Waals surface area contributed by atoms with Crippen LogP contribution in [-0.4, -0.2) is 27.7 Å². The molecule has 1 aliphatic heterocycles. The van der Waals surface area contributed by atoms with E-state index in [1.165, 1.54) is 11.8 Å². The summed E-state index contributed by atoms with van der Waals surface area (Å²) in [5.41, 5.74) is 1.44. The van der Waals surface area contributed by atoms with E-state index in [4.69, 9.17) is 0 Å². The number of nitrogens with zero attached hydrogens (tertiary/aromatic N) is 2. The van der Waals surface area contributed by atoms with E-state index in [-0.39, 0.29) is 23.7 Å². The fourth-order valence-electron chi connectivity index (χ4n) is 3.10. The smallest absolute Gasteiger partial charge is 0.294 e. The van der Waals surface area contributed by atoms with Gasteiger partial charge in [-0.3, -0.25) is 24.3 Å². The first kappa shape index (κ1) is 18.3. The standard InChI is InChI=1S/C20H19N3O4/c1-3-16(25)17-18(15-9-4-5-10-21-15)23(20(27)19(17)26)14-8-6-7-13(11-14)22-12(2)24/h4-11,18,26H,3H2,1-2H3,(H,22,24). The molecule has 2 N–H and O–H groups in total. The first-order valence-corrected chi connectivity index (χ1v) is 8.52. The van der Waals surface area contributed by atoms with Crippen molar-refractivity contribution < 1.29 is 19.5 Å². The summed E-state index contributed by atoms with van der Waals surface area (Å²) in [6.07, 6.45) is 1.71. The number of carbonyl (C=O) groups excluding carboxylic acids is 3. The summed E-state index contributed by atoms with van der Waals surface area (Å²) >= 11 is 0. The number of ketones is 1. The Morgan fingerprint density at radius 3 is 2.63 bits per heavy atom. The average molecular weight is 365 g/mol. The van der Waals surface area contributed by atoms with Gasteiger partial charge in [0.1, 0.15) is 6.04 Å². The Balaban J connectivity index is 2.13. The van der Waals surface area contributed by atoms with Crippen LogP contribution >= 0.6 is 0 Å². The zero-order chi connectivity index (χ0) is 19.6. The van der Waals surface area contributed by atoms with Gasteiger partial charge in [0.25, 0.3) is 5.91 Å². The molecule has 7 heteroatoms. The molecule has 0 fully saturated rings. The topological polar surface area (TPSA) is 99.6 Å². The molecule has 1 aromatic heterocycles. The van der Waals surface area contributed by atoms with Crippen LogP contribution in [0.15, 0.2) is 60.0 Å². The molecular formula is C20H19N3O4. The van der Waals surface area contributed by atoms with E-state index in [0.717, 1.165) is 0 Å². The molecule has 2 amide bonds. The Bertz CT molecular complexity index is 937. The van der Waals surface area contributed by atoms with Crippen LogP contribution in [0.3, 0.4) is 0 Å². The van der Waals surface area contributed by atoms with Gasteiger partial charge in [0, 0.05) is 30.9 Å². The molecule has 0 saturated carbocycles. The Hall–Kier alpha value is -3.48. The molecule has 1 atom stereocenters. The van der Waals surface area contributed by atoms with Crippen LogP contribution < -0.4 is 10.2 Å². The van der Waals surface area contributed by atoms with Gasteiger partial charge in [0.2, 0.25) is 5.91 Å². The highest BCUT2D eigenvalue weighted by molar-refractivity contribution is 6.16. The highest BCUT2D eigenvalue weighted by Gasteiger charge is 2.44. The number of hydrogen-bond acceptors (Lipinski definition) is 5. The summed E-state index contributed by atoms with van der Waals surface area (Å²) in [5.74, 6) is -1.81. The zero-order valence-electron chi connectivity index (χ0n) is 15.0. The Morgan fingerprint density at radius 2 is 2.00 bits per heavy atom. The molecular weight excluding hydrogens is 346 g/mol. The second-order valence-corrected chi connectivity index (χ2v) is 6.10. The van der Waals surface area contributed by atoms with Crippen molar-refractivity contribution in [3.05, 3.63) is 65.7 Å². The second kappa shape index (κ2) is 7.41. The summed E-state index contributed by atoms with van der Waals surface area (Å²) in [5, 5.41) is 13.1. The van der Waals surface area contributed by atoms with Crippen LogP contribution in [0.1, 0.15) is 32.0 Å². The number of benzene rings is 1. The van der Waals surface area contributed by atoms with Crippen LogP contribution in [-0.2, 0) is 14.4 Å². The summed E-state index contributed by atoms with van der Waals surface area (Å²) < 4.78 is 0. The SMILES string of the molecule is CCC(=O)C1=C(O)C(=O)N(c2cccc(NC(C)=O)c2)C1c1ccccn1. The number of Topliss-reactive ketones (excluding diaryl/α,β-unsaturated/α-hetero) is 1. The molecule has 1 aliphatic rings. The number of nitrogens with one attached hydrogen (secondary N) is 1. The number of pyridine rings is 1. The number of anilines is 2. The number of hydrogen-bond donors (Lipinski definition) is 2. The van der Waals surface area contributed by atoms with Gasteiger partial charge >= 0.3 is 0 Å². The van der Waals surface area contributed by atoms with Gasteiger partial charge in [-0.05, 0) is 30.3 Å². The minimum atomic E-state index is -0.835. The van der Waals surface area contributed by atoms with Crippen molar-refractivity contribution in [3.8, 4) is 0 Å². The number of amides is 2. The minimum absolute atomic E-state index is 0.0335. The largest absolute Gasteiger partial charge is 0.503 e. The van der Waals surface area contributed by atoms with Crippen molar-refractivity contribution in [2.75, 3.05) is 10.2 Å². The average Bonchev–Trinajstić information content (AvgIpc) is 2.93. The first-order valence-electron chi connectivity index (χ1n) is 8.52. The van der Waals surface area contributed by atoms with E-state index >= 15 is 0 Å². The van der Waals surface area contributed by atoms with Gasteiger partial charge in [0.05, 0.1) is 11.3 Å². The molecule has 0 spiro atoms. The molecule has 7 nitrogen and oxygen atoms in total. The molecule has 2 heterocycles. The van der Waals surface area contributed by atoms with E-state index in [1.54, 1.807) is 55.6 Å². The monoisotopic (exact) mass is 365 g/mol. The third-order valence-electron chi connectivity index (χ3n) is 4.24. The third kappa shape index (κ3) is 3.44. The molecule has 138 valence electrons. The molecule has 3 rings (SSSR count). The lowest BCUT2D eigenvalue weighted by Crippen LogP contribution is -2.31. The van der Waals surface area contributed by atoms with E-state index in [0.29, 0.717) is 17.1 Å². The number of aliphatic hydroxyl groups is 1. The maximum atomic E-state index is 12.8. The van der Waals surface area contributed by atoms with Crippen molar-refractivity contribution in [1.29, 1.82) is 0 Å². The van der Waals surface area contributed by atoms with Crippen LogP contribution in [0.2, 0.25) is 0 Å². The predicted molar refractivity (Wildman–Crippen MR) is 100 cm³/mol. The van der Waals surface area contributed by atoms with Crippen molar-refractivity contribution in [1.82, 2.24) is 4.98 Å². The van der Waals surface area contributed by atoms with E-state index < -0.39 is 17.7 Å². The maximum absolute atomic E-state index is 12.8. The highest BCUT2D eigenvalue weighted by Crippen LogP contribution is 2.41. The zero-order valence-corrected chi connectivity index (χ0v) is 15.0. The molecule has 2 aromatic rings. The summed E-state index contributed by atoms with van der Waals surface area (Å²) in [6.45, 7) is 3.05. The number of rotatable bonds is 5. The lowest BCUT2D eigenvalue weighted by Gasteiger charge is -2.26. The molecule has 0 aliphatic carbocycles. The molecule has 1 aromatic carbocycles. The van der Waals surface area contributed by atoms with E-state index in [1.807, 2.05) is 0 Å². The molecule has 0 bridgehead atoms. The van der Waals surface area contributed by atoms with Crippen LogP contribution in [0, 0.1) is 0 Å². The molecule has 0 radical (unpaired) electrons. The summed E-state index contributed by atoms with van der Waals surface area (Å²) in [4.78, 5) is 42.2. The minimum Gasteiger partial charge on any atom is -0.503 e. The number of aliphatic hydroxyl groups excluding tert-OH is 1. The molecule has 1 unspecified atom stereocenters. The van der Waals surface area contributed by atoms with E-state index in [2.05, 4.69) is 10.3 Å². The second-order valence-electron chi connectivity index (χ2n) is 6.10. The summed E-state index contributed by atoms with van der Waals surface area (Å²) in [6, 6.07) is 11.0. The van der Waals surface area contributed by atoms with Gasteiger partial charge in [-0.25, -0.2) is 0 Å². The van der Waals surface area contributed by atoms with Gasteiger partial charge in [-0.1, -0.05) is 19.1 Å². The lowest BCUT2D eigenvalue weighted by molar-refractivity contribution is -0.118. The van der Waals surface area contributed by atoms with Crippen LogP contribution in [0.4, 0.5) is 11.4 Å². The first-order chi connectivity index (χ1) is 12.9. The molecule has 0 saturated heterocycles. The number of carbonyl (C=O) groups is 3. The van der Waals surface area contributed by atoms with Gasteiger partial charge in [-0.15, -0.1) is 0 Å². The molecule has 27 heavy (non-hydrogen) atoms. The van der Waals surface area contributed by atoms with Gasteiger partial charge < -0.3 is 10.4 Å².